The van der Waals surface area contributed by atoms with Gasteiger partial charge >= 0.3 is 0 Å². The zero-order chi connectivity index (χ0) is 14.4. The van der Waals surface area contributed by atoms with E-state index in [1.54, 1.807) is 0 Å². The molecule has 0 aliphatic heterocycles. The van der Waals surface area contributed by atoms with Crippen LogP contribution >= 0.6 is 0 Å². The Morgan fingerprint density at radius 2 is 1.61 bits per heavy atom. The predicted molar refractivity (Wildman–Crippen MR) is 84.0 cm³/mol. The second-order valence-electron chi connectivity index (χ2n) is 5.40. The monoisotopic (exact) mass is 254 g/mol. The molecule has 0 aromatic rings. The first-order chi connectivity index (χ1) is 8.52. The number of ether oxygens (including phenoxy) is 1. The maximum atomic E-state index is 5.52. The molecular formula is C17H34O. The molecule has 1 heteroatoms. The Balaban J connectivity index is 0. The van der Waals surface area contributed by atoms with Crippen LogP contribution in [0.5, 0.6) is 0 Å². The van der Waals surface area contributed by atoms with E-state index >= 15 is 0 Å². The van der Waals surface area contributed by atoms with E-state index in [0.29, 0.717) is 5.92 Å². The number of allylic oxidation sites excluding steroid dienone is 2. The van der Waals surface area contributed by atoms with E-state index < -0.39 is 0 Å². The molecule has 0 heterocycles. The summed E-state index contributed by atoms with van der Waals surface area (Å²) in [6, 6.07) is 0. The van der Waals surface area contributed by atoms with Crippen molar-refractivity contribution in [3.05, 3.63) is 23.8 Å². The minimum atomic E-state index is 0.637. The van der Waals surface area contributed by atoms with Crippen LogP contribution in [0.15, 0.2) is 23.8 Å². The van der Waals surface area contributed by atoms with Gasteiger partial charge in [0, 0.05) is 6.61 Å². The summed E-state index contributed by atoms with van der Waals surface area (Å²) in [6.45, 7) is 16.5. The summed E-state index contributed by atoms with van der Waals surface area (Å²) in [4.78, 5) is 0. The zero-order valence-electron chi connectivity index (χ0n) is 13.6. The molecule has 0 saturated heterocycles. The zero-order valence-corrected chi connectivity index (χ0v) is 13.6. The molecule has 1 aliphatic rings. The quantitative estimate of drug-likeness (QED) is 0.632. The van der Waals surface area contributed by atoms with Gasteiger partial charge in [0.1, 0.15) is 0 Å². The van der Waals surface area contributed by atoms with Gasteiger partial charge in [-0.25, -0.2) is 0 Å². The molecule has 0 atom stereocenters. The first-order valence-corrected chi connectivity index (χ1v) is 7.45. The van der Waals surface area contributed by atoms with Crippen LogP contribution in [0.1, 0.15) is 61.3 Å². The SMILES string of the molecule is CC.CC(C)C.CC(C)COCC1=CCCC=C1. The second-order valence-corrected chi connectivity index (χ2v) is 5.40. The molecule has 1 rings (SSSR count). The van der Waals surface area contributed by atoms with Crippen LogP contribution in [-0.4, -0.2) is 13.2 Å². The van der Waals surface area contributed by atoms with Crippen molar-refractivity contribution in [1.82, 2.24) is 0 Å². The third-order valence-corrected chi connectivity index (χ3v) is 1.79. The first-order valence-electron chi connectivity index (χ1n) is 7.45. The molecule has 0 N–H and O–H groups in total. The van der Waals surface area contributed by atoms with Gasteiger partial charge in [-0.05, 0) is 30.3 Å². The number of hydrogen-bond acceptors (Lipinski definition) is 1. The van der Waals surface area contributed by atoms with Crippen LogP contribution in [0, 0.1) is 11.8 Å². The molecule has 0 bridgehead atoms. The smallest absolute Gasteiger partial charge is 0.0713 e. The lowest BCUT2D eigenvalue weighted by atomic mass is 10.1. The highest BCUT2D eigenvalue weighted by atomic mass is 16.5. The van der Waals surface area contributed by atoms with Crippen LogP contribution in [0.25, 0.3) is 0 Å². The Hall–Kier alpha value is -0.560. The molecule has 0 aromatic carbocycles. The standard InChI is InChI=1S/C11H18O.C4H10.C2H6/c1-10(2)8-12-9-11-6-4-3-5-7-11;1-4(2)3;1-2/h4,6-7,10H,3,5,8-9H2,1-2H3;4H,1-3H3;1-2H3. The molecule has 0 unspecified atom stereocenters. The second kappa shape index (κ2) is 14.5. The average molecular weight is 254 g/mol. The Bertz CT molecular complexity index is 209. The van der Waals surface area contributed by atoms with Gasteiger partial charge < -0.3 is 4.74 Å². The van der Waals surface area contributed by atoms with Crippen LogP contribution in [-0.2, 0) is 4.74 Å². The summed E-state index contributed by atoms with van der Waals surface area (Å²) in [6.07, 6.45) is 9.02. The van der Waals surface area contributed by atoms with Crippen molar-refractivity contribution in [2.75, 3.05) is 13.2 Å². The molecule has 1 nitrogen and oxygen atoms in total. The fraction of sp³-hybridized carbons (Fsp3) is 0.765. The third-order valence-electron chi connectivity index (χ3n) is 1.79. The summed E-state index contributed by atoms with van der Waals surface area (Å²) < 4.78 is 5.52. The summed E-state index contributed by atoms with van der Waals surface area (Å²) in [7, 11) is 0. The first kappa shape index (κ1) is 19.8. The fourth-order valence-corrected chi connectivity index (χ4v) is 1.19. The van der Waals surface area contributed by atoms with Gasteiger partial charge in [0.05, 0.1) is 6.61 Å². The Labute approximate surface area is 115 Å². The van der Waals surface area contributed by atoms with Crippen molar-refractivity contribution in [2.24, 2.45) is 11.8 Å². The Morgan fingerprint density at radius 1 is 1.06 bits per heavy atom. The van der Waals surface area contributed by atoms with E-state index in [-0.39, 0.29) is 0 Å². The lowest BCUT2D eigenvalue weighted by molar-refractivity contribution is 0.131. The van der Waals surface area contributed by atoms with Gasteiger partial charge in [-0.15, -0.1) is 0 Å². The molecule has 108 valence electrons. The molecule has 1 aliphatic carbocycles. The van der Waals surface area contributed by atoms with E-state index in [0.717, 1.165) is 19.1 Å². The largest absolute Gasteiger partial charge is 0.377 e. The van der Waals surface area contributed by atoms with Gasteiger partial charge in [-0.3, -0.25) is 0 Å². The van der Waals surface area contributed by atoms with Crippen molar-refractivity contribution in [3.63, 3.8) is 0 Å². The normalized spacial score (nSPS) is 13.5. The van der Waals surface area contributed by atoms with E-state index in [9.17, 15) is 0 Å². The maximum Gasteiger partial charge on any atom is 0.0713 e. The number of hydrogen-bond donors (Lipinski definition) is 0. The van der Waals surface area contributed by atoms with Crippen molar-refractivity contribution in [2.45, 2.75) is 61.3 Å². The summed E-state index contributed by atoms with van der Waals surface area (Å²) in [5, 5.41) is 0. The predicted octanol–water partition coefficient (Wildman–Crippen LogP) is 5.62. The Morgan fingerprint density at radius 3 is 2.00 bits per heavy atom. The molecular weight excluding hydrogens is 220 g/mol. The van der Waals surface area contributed by atoms with E-state index in [1.165, 1.54) is 18.4 Å². The van der Waals surface area contributed by atoms with Crippen LogP contribution < -0.4 is 0 Å². The van der Waals surface area contributed by atoms with E-state index in [4.69, 9.17) is 4.74 Å². The average Bonchev–Trinajstić information content (AvgIpc) is 2.32. The fourth-order valence-electron chi connectivity index (χ4n) is 1.19. The maximum absolute atomic E-state index is 5.52. The van der Waals surface area contributed by atoms with Crippen molar-refractivity contribution >= 4 is 0 Å². The van der Waals surface area contributed by atoms with Crippen LogP contribution in [0.4, 0.5) is 0 Å². The van der Waals surface area contributed by atoms with E-state index in [2.05, 4.69) is 52.8 Å². The van der Waals surface area contributed by atoms with Gasteiger partial charge in [0.15, 0.2) is 0 Å². The molecule has 0 fully saturated rings. The van der Waals surface area contributed by atoms with Crippen LogP contribution in [0.2, 0.25) is 0 Å². The van der Waals surface area contributed by atoms with Gasteiger partial charge in [-0.2, -0.15) is 0 Å². The van der Waals surface area contributed by atoms with E-state index in [1.807, 2.05) is 13.8 Å². The third kappa shape index (κ3) is 17.8. The summed E-state index contributed by atoms with van der Waals surface area (Å²) >= 11 is 0. The van der Waals surface area contributed by atoms with Crippen LogP contribution in [0.3, 0.4) is 0 Å². The van der Waals surface area contributed by atoms with Gasteiger partial charge in [-0.1, -0.05) is 66.7 Å². The highest BCUT2D eigenvalue weighted by molar-refractivity contribution is 5.22. The molecule has 0 amide bonds. The summed E-state index contributed by atoms with van der Waals surface area (Å²) in [5.74, 6) is 1.47. The molecule has 0 radical (unpaired) electrons. The van der Waals surface area contributed by atoms with Crippen molar-refractivity contribution in [3.8, 4) is 0 Å². The van der Waals surface area contributed by atoms with Crippen molar-refractivity contribution in [1.29, 1.82) is 0 Å². The molecule has 18 heavy (non-hydrogen) atoms. The Kier molecular flexibility index (Phi) is 15.9. The number of rotatable bonds is 4. The lowest BCUT2D eigenvalue weighted by Gasteiger charge is -2.09. The minimum absolute atomic E-state index is 0.637. The highest BCUT2D eigenvalue weighted by Gasteiger charge is 1.98. The van der Waals surface area contributed by atoms with Gasteiger partial charge in [0.2, 0.25) is 0 Å². The van der Waals surface area contributed by atoms with Gasteiger partial charge in [0.25, 0.3) is 0 Å². The minimum Gasteiger partial charge on any atom is -0.377 e. The topological polar surface area (TPSA) is 9.23 Å². The lowest BCUT2D eigenvalue weighted by Crippen LogP contribution is -2.04. The molecule has 0 spiro atoms. The van der Waals surface area contributed by atoms with Crippen molar-refractivity contribution < 1.29 is 4.74 Å². The summed E-state index contributed by atoms with van der Waals surface area (Å²) in [5.41, 5.74) is 1.34. The molecule has 0 aromatic heterocycles. The molecule has 0 saturated carbocycles. The highest BCUT2D eigenvalue weighted by Crippen LogP contribution is 2.09.